The zero-order chi connectivity index (χ0) is 22.9. The van der Waals surface area contributed by atoms with Gasteiger partial charge in [0.25, 0.3) is 0 Å². The van der Waals surface area contributed by atoms with Crippen molar-refractivity contribution in [3.05, 3.63) is 24.3 Å². The predicted molar refractivity (Wildman–Crippen MR) is 128 cm³/mol. The second kappa shape index (κ2) is 16.2. The Balaban J connectivity index is 3.76. The third kappa shape index (κ3) is 16.3. The van der Waals surface area contributed by atoms with Crippen LogP contribution in [0, 0.1) is 0 Å². The van der Waals surface area contributed by atoms with Gasteiger partial charge in [0.15, 0.2) is 0 Å². The van der Waals surface area contributed by atoms with Gasteiger partial charge in [0.05, 0.1) is 21.1 Å². The van der Waals surface area contributed by atoms with Crippen LogP contribution in [0.2, 0.25) is 0 Å². The highest BCUT2D eigenvalue weighted by Crippen LogP contribution is 2.52. The lowest BCUT2D eigenvalue weighted by molar-refractivity contribution is -0.875. The SMILES string of the molecule is CCCCC/C=C\CCCCCCCC/C=C\CCC(O)(C[N+](C)(C)C)P(=O)(O)O. The predicted octanol–water partition coefficient (Wildman–Crippen LogP) is 6.15. The van der Waals surface area contributed by atoms with Crippen LogP contribution in [0.5, 0.6) is 0 Å². The van der Waals surface area contributed by atoms with Crippen LogP contribution in [0.15, 0.2) is 24.3 Å². The molecule has 5 nitrogen and oxygen atoms in total. The van der Waals surface area contributed by atoms with Crippen molar-refractivity contribution in [1.82, 2.24) is 0 Å². The number of aliphatic hydroxyl groups is 1. The van der Waals surface area contributed by atoms with Crippen molar-refractivity contribution in [1.29, 1.82) is 0 Å². The summed E-state index contributed by atoms with van der Waals surface area (Å²) in [6.07, 6.45) is 24.2. The van der Waals surface area contributed by atoms with E-state index in [0.717, 1.165) is 12.8 Å². The van der Waals surface area contributed by atoms with Crippen LogP contribution in [0.1, 0.15) is 96.8 Å². The van der Waals surface area contributed by atoms with Gasteiger partial charge in [0.2, 0.25) is 5.34 Å². The van der Waals surface area contributed by atoms with Gasteiger partial charge in [-0.1, -0.05) is 69.8 Å². The van der Waals surface area contributed by atoms with Crippen molar-refractivity contribution in [2.75, 3.05) is 27.7 Å². The molecule has 0 fully saturated rings. The van der Waals surface area contributed by atoms with Gasteiger partial charge in [0.1, 0.15) is 6.54 Å². The minimum absolute atomic E-state index is 0.0275. The van der Waals surface area contributed by atoms with Gasteiger partial charge in [-0.15, -0.1) is 0 Å². The van der Waals surface area contributed by atoms with Crippen molar-refractivity contribution in [3.8, 4) is 0 Å². The van der Waals surface area contributed by atoms with Crippen molar-refractivity contribution in [3.63, 3.8) is 0 Å². The molecule has 3 N–H and O–H groups in total. The minimum atomic E-state index is -4.57. The number of nitrogens with zero attached hydrogens (tertiary/aromatic N) is 1. The van der Waals surface area contributed by atoms with Crippen molar-refractivity contribution < 1.29 is 23.9 Å². The first-order valence-corrected chi connectivity index (χ1v) is 13.5. The van der Waals surface area contributed by atoms with Crippen LogP contribution in [-0.2, 0) is 4.57 Å². The summed E-state index contributed by atoms with van der Waals surface area (Å²) in [5.41, 5.74) is 0. The smallest absolute Gasteiger partial charge is 0.362 e. The average Bonchev–Trinajstić information content (AvgIpc) is 2.62. The summed E-state index contributed by atoms with van der Waals surface area (Å²) in [7, 11) is 0.890. The Hall–Kier alpha value is -0.450. The normalized spacial score (nSPS) is 15.3. The Labute approximate surface area is 186 Å². The van der Waals surface area contributed by atoms with Crippen LogP contribution in [-0.4, -0.2) is 52.4 Å². The summed E-state index contributed by atoms with van der Waals surface area (Å²) in [6.45, 7) is 2.27. The first-order chi connectivity index (χ1) is 14.0. The highest BCUT2D eigenvalue weighted by molar-refractivity contribution is 7.53. The zero-order valence-electron chi connectivity index (χ0n) is 20.1. The largest absolute Gasteiger partial charge is 0.373 e. The van der Waals surface area contributed by atoms with E-state index in [1.165, 1.54) is 64.2 Å². The van der Waals surface area contributed by atoms with E-state index in [-0.39, 0.29) is 13.0 Å². The quantitative estimate of drug-likeness (QED) is 0.0962. The molecule has 0 aliphatic rings. The first kappa shape index (κ1) is 29.5. The molecular weight excluding hydrogens is 397 g/mol. The topological polar surface area (TPSA) is 77.8 Å². The highest BCUT2D eigenvalue weighted by atomic mass is 31.2. The fraction of sp³-hybridized carbons (Fsp3) is 0.833. The lowest BCUT2D eigenvalue weighted by atomic mass is 10.1. The molecule has 0 bridgehead atoms. The molecule has 0 aromatic heterocycles. The van der Waals surface area contributed by atoms with Crippen LogP contribution in [0.3, 0.4) is 0 Å². The number of hydrogen-bond donors (Lipinski definition) is 3. The molecule has 0 aliphatic carbocycles. The Morgan fingerprint density at radius 2 is 1.13 bits per heavy atom. The summed E-state index contributed by atoms with van der Waals surface area (Å²) in [5, 5.41) is 8.53. The van der Waals surface area contributed by atoms with Crippen molar-refractivity contribution in [2.45, 2.75) is 102 Å². The number of rotatable bonds is 19. The monoisotopic (exact) mass is 446 g/mol. The van der Waals surface area contributed by atoms with E-state index >= 15 is 0 Å². The van der Waals surface area contributed by atoms with Crippen LogP contribution >= 0.6 is 7.60 Å². The molecule has 0 heterocycles. The fourth-order valence-corrected chi connectivity index (χ4v) is 4.63. The molecule has 1 unspecified atom stereocenters. The van der Waals surface area contributed by atoms with Gasteiger partial charge in [0, 0.05) is 0 Å². The molecule has 6 heteroatoms. The van der Waals surface area contributed by atoms with E-state index in [1.807, 2.05) is 27.2 Å². The second-order valence-electron chi connectivity index (χ2n) is 9.65. The Morgan fingerprint density at radius 1 is 0.733 bits per heavy atom. The molecule has 0 amide bonds. The molecule has 178 valence electrons. The molecule has 1 atom stereocenters. The molecule has 0 aromatic carbocycles. The Morgan fingerprint density at radius 3 is 1.53 bits per heavy atom. The summed E-state index contributed by atoms with van der Waals surface area (Å²) in [4.78, 5) is 19.1. The maximum Gasteiger partial charge on any atom is 0.362 e. The summed E-state index contributed by atoms with van der Waals surface area (Å²) in [5.74, 6) is 0. The molecule has 0 aromatic rings. The molecule has 0 saturated carbocycles. The summed E-state index contributed by atoms with van der Waals surface area (Å²) in [6, 6.07) is 0. The minimum Gasteiger partial charge on any atom is -0.373 e. The molecule has 0 spiro atoms. The molecule has 0 saturated heterocycles. The Kier molecular flexibility index (Phi) is 16.0. The first-order valence-electron chi connectivity index (χ1n) is 11.9. The number of allylic oxidation sites excluding steroid dienone is 4. The molecule has 0 radical (unpaired) electrons. The molecule has 30 heavy (non-hydrogen) atoms. The maximum absolute atomic E-state index is 11.7. The van der Waals surface area contributed by atoms with Gasteiger partial charge in [-0.2, -0.15) is 0 Å². The fourth-order valence-electron chi connectivity index (χ4n) is 3.61. The Bertz CT molecular complexity index is 522. The van der Waals surface area contributed by atoms with E-state index < -0.39 is 12.9 Å². The van der Waals surface area contributed by atoms with Crippen molar-refractivity contribution >= 4 is 7.60 Å². The second-order valence-corrected chi connectivity index (χ2v) is 11.6. The van der Waals surface area contributed by atoms with E-state index in [1.54, 1.807) is 0 Å². The lowest BCUT2D eigenvalue weighted by Gasteiger charge is -2.35. The van der Waals surface area contributed by atoms with E-state index in [2.05, 4.69) is 25.2 Å². The average molecular weight is 447 g/mol. The number of quaternary nitrogens is 1. The zero-order valence-corrected chi connectivity index (χ0v) is 21.0. The van der Waals surface area contributed by atoms with Gasteiger partial charge in [-0.25, -0.2) is 0 Å². The maximum atomic E-state index is 11.7. The van der Waals surface area contributed by atoms with Crippen LogP contribution in [0.25, 0.3) is 0 Å². The van der Waals surface area contributed by atoms with Gasteiger partial charge in [-0.05, 0) is 51.4 Å². The van der Waals surface area contributed by atoms with Gasteiger partial charge >= 0.3 is 7.60 Å². The number of hydrogen-bond acceptors (Lipinski definition) is 2. The molecule has 0 aliphatic heterocycles. The number of likely N-dealkylation sites (N-methyl/N-ethyl adjacent to an activating group) is 1. The third-order valence-corrected chi connectivity index (χ3v) is 6.73. The van der Waals surface area contributed by atoms with Crippen LogP contribution in [0.4, 0.5) is 0 Å². The van der Waals surface area contributed by atoms with E-state index in [9.17, 15) is 19.5 Å². The lowest BCUT2D eigenvalue weighted by Crippen LogP contribution is -2.49. The van der Waals surface area contributed by atoms with Gasteiger partial charge < -0.3 is 19.4 Å². The molecular formula is C24H49NO4P+. The van der Waals surface area contributed by atoms with E-state index in [4.69, 9.17) is 0 Å². The summed E-state index contributed by atoms with van der Waals surface area (Å²) >= 11 is 0. The highest BCUT2D eigenvalue weighted by Gasteiger charge is 2.48. The van der Waals surface area contributed by atoms with E-state index in [0.29, 0.717) is 10.9 Å². The van der Waals surface area contributed by atoms with Crippen LogP contribution < -0.4 is 0 Å². The third-order valence-electron chi connectivity index (χ3n) is 5.28. The van der Waals surface area contributed by atoms with Gasteiger partial charge in [-0.3, -0.25) is 4.57 Å². The number of unbranched alkanes of at least 4 members (excludes halogenated alkanes) is 10. The standard InChI is InChI=1S/C24H48NO4P/c1-5-6-7-8-9-10-11-12-13-14-15-16-17-18-19-20-21-22-24(26,30(27,28)29)23-25(2,3)4/h9-10,19-20,26H,5-8,11-18,21-23H2,1-4H3,(H-,27,28,29)/p+1/b10-9-,20-19-. The summed E-state index contributed by atoms with van der Waals surface area (Å²) < 4.78 is 12.0. The molecule has 0 rings (SSSR count). The van der Waals surface area contributed by atoms with Crippen molar-refractivity contribution in [2.24, 2.45) is 0 Å².